The minimum atomic E-state index is -5.16. The number of benzene rings is 3. The number of hydrogen-bond acceptors (Lipinski definition) is 7. The second-order valence-corrected chi connectivity index (χ2v) is 10.1. The number of halogens is 1. The zero-order valence-corrected chi connectivity index (χ0v) is 21.2. The van der Waals surface area contributed by atoms with E-state index >= 15 is 0 Å². The molecule has 5 rings (SSSR count). The van der Waals surface area contributed by atoms with Crippen LogP contribution in [0.5, 0.6) is 5.75 Å². The molecule has 3 aromatic carbocycles. The fourth-order valence-corrected chi connectivity index (χ4v) is 5.57. The second-order valence-electron chi connectivity index (χ2n) is 9.19. The predicted octanol–water partition coefficient (Wildman–Crippen LogP) is 4.12. The van der Waals surface area contributed by atoms with Crippen LogP contribution in [0.2, 0.25) is 0 Å². The molecule has 0 aromatic heterocycles. The maximum Gasteiger partial charge on any atom is 0.488 e. The molecular weight excluding hydrogens is 497 g/mol. The Morgan fingerprint density at radius 1 is 1.00 bits per heavy atom. The first-order valence-corrected chi connectivity index (χ1v) is 13.4. The van der Waals surface area contributed by atoms with Gasteiger partial charge < -0.3 is 24.5 Å². The molecule has 10 heteroatoms. The van der Waals surface area contributed by atoms with E-state index in [2.05, 4.69) is 28.4 Å². The third kappa shape index (κ3) is 5.12. The van der Waals surface area contributed by atoms with Crippen LogP contribution in [0.3, 0.4) is 0 Å². The fourth-order valence-electron chi connectivity index (χ4n) is 5.25. The number of anilines is 1. The van der Waals surface area contributed by atoms with Gasteiger partial charge in [-0.1, -0.05) is 52.4 Å². The van der Waals surface area contributed by atoms with E-state index in [0.717, 1.165) is 16.7 Å². The number of carbonyl (C=O) groups is 1. The number of piperazine rings is 1. The van der Waals surface area contributed by atoms with Crippen LogP contribution in [-0.4, -0.2) is 52.2 Å². The molecule has 2 aliphatic rings. The third-order valence-electron chi connectivity index (χ3n) is 7.09. The highest BCUT2D eigenvalue weighted by molar-refractivity contribution is 7.81. The maximum absolute atomic E-state index is 13.1. The molecule has 0 saturated carbocycles. The summed E-state index contributed by atoms with van der Waals surface area (Å²) in [6.45, 7) is 4.07. The quantitative estimate of drug-likeness (QED) is 0.483. The van der Waals surface area contributed by atoms with E-state index in [1.54, 1.807) is 4.90 Å². The molecule has 0 bridgehead atoms. The number of rotatable bonds is 6. The Bertz CT molecular complexity index is 1390. The van der Waals surface area contributed by atoms with E-state index in [0.29, 0.717) is 37.4 Å². The fraction of sp³-hybridized carbons (Fsp3) is 0.296. The Morgan fingerprint density at radius 2 is 1.59 bits per heavy atom. The van der Waals surface area contributed by atoms with Crippen molar-refractivity contribution in [3.63, 3.8) is 0 Å². The summed E-state index contributed by atoms with van der Waals surface area (Å²) in [5.74, 6) is -0.146. The summed E-state index contributed by atoms with van der Waals surface area (Å²) in [5, 5.41) is 0. The number of fused-ring (bicyclic) bond motifs is 3. The zero-order chi connectivity index (χ0) is 26.2. The van der Waals surface area contributed by atoms with Gasteiger partial charge in [0.25, 0.3) is 0 Å². The Kier molecular flexibility index (Phi) is 6.78. The second kappa shape index (κ2) is 10.0. The smallest absolute Gasteiger partial charge is 0.448 e. The van der Waals surface area contributed by atoms with E-state index in [4.69, 9.17) is 10.5 Å². The van der Waals surface area contributed by atoms with Gasteiger partial charge in [0.2, 0.25) is 0 Å². The van der Waals surface area contributed by atoms with Crippen LogP contribution in [-0.2, 0) is 21.8 Å². The first-order chi connectivity index (χ1) is 17.7. The molecule has 3 aromatic rings. The molecule has 2 N–H and O–H groups in total. The van der Waals surface area contributed by atoms with Gasteiger partial charge in [-0.05, 0) is 46.4 Å². The van der Waals surface area contributed by atoms with Crippen molar-refractivity contribution in [3.05, 3.63) is 82.9 Å². The van der Waals surface area contributed by atoms with Crippen LogP contribution in [0, 0.1) is 6.92 Å². The van der Waals surface area contributed by atoms with E-state index < -0.39 is 10.5 Å². The molecule has 1 heterocycles. The van der Waals surface area contributed by atoms with Crippen molar-refractivity contribution in [1.29, 1.82) is 0 Å². The Balaban J connectivity index is 1.24. The molecule has 1 saturated heterocycles. The highest BCUT2D eigenvalue weighted by Crippen LogP contribution is 2.44. The standard InChI is InChI=1S/C27H28FN3O5S/c1-18-19(16-29)14-20(36-37(28,33)34)15-26(18)30-10-12-31(13-11-30)27(32)35-17-25-23-8-4-2-6-21(23)22-7-3-5-9-24(22)25/h2-9,14-15,25H,10-13,16-17,29H2,1H3. The van der Waals surface area contributed by atoms with Crippen molar-refractivity contribution >= 4 is 22.3 Å². The first-order valence-electron chi connectivity index (χ1n) is 12.1. The molecule has 1 fully saturated rings. The number of ether oxygens (including phenoxy) is 1. The van der Waals surface area contributed by atoms with E-state index in [1.807, 2.05) is 36.1 Å². The molecule has 1 amide bonds. The van der Waals surface area contributed by atoms with Crippen molar-refractivity contribution in [1.82, 2.24) is 4.90 Å². The predicted molar refractivity (Wildman–Crippen MR) is 139 cm³/mol. The van der Waals surface area contributed by atoms with Gasteiger partial charge in [0, 0.05) is 50.4 Å². The van der Waals surface area contributed by atoms with Crippen LogP contribution >= 0.6 is 0 Å². The summed E-state index contributed by atoms with van der Waals surface area (Å²) < 4.78 is 45.3. The van der Waals surface area contributed by atoms with Crippen molar-refractivity contribution in [2.75, 3.05) is 37.7 Å². The van der Waals surface area contributed by atoms with Gasteiger partial charge in [0.1, 0.15) is 12.4 Å². The summed E-state index contributed by atoms with van der Waals surface area (Å²) >= 11 is 0. The Labute approximate surface area is 215 Å². The summed E-state index contributed by atoms with van der Waals surface area (Å²) in [5.41, 5.74) is 12.6. The lowest BCUT2D eigenvalue weighted by atomic mass is 9.98. The SMILES string of the molecule is Cc1c(CN)cc(OS(=O)(=O)F)cc1N1CCN(C(=O)OCC2c3ccccc3-c3ccccc32)CC1. The lowest BCUT2D eigenvalue weighted by Crippen LogP contribution is -2.49. The lowest BCUT2D eigenvalue weighted by molar-refractivity contribution is 0.0976. The summed E-state index contributed by atoms with van der Waals surface area (Å²) in [6.07, 6.45) is -0.374. The Hall–Kier alpha value is -3.63. The largest absolute Gasteiger partial charge is 0.488 e. The average Bonchev–Trinajstić information content (AvgIpc) is 3.21. The molecule has 1 aliphatic carbocycles. The number of nitrogens with zero attached hydrogens (tertiary/aromatic N) is 2. The van der Waals surface area contributed by atoms with Crippen LogP contribution in [0.4, 0.5) is 14.4 Å². The van der Waals surface area contributed by atoms with Crippen molar-refractivity contribution < 1.29 is 26.0 Å². The summed E-state index contributed by atoms with van der Waals surface area (Å²) in [7, 11) is -5.16. The van der Waals surface area contributed by atoms with Crippen molar-refractivity contribution in [2.24, 2.45) is 5.73 Å². The molecule has 37 heavy (non-hydrogen) atoms. The molecule has 0 radical (unpaired) electrons. The lowest BCUT2D eigenvalue weighted by Gasteiger charge is -2.36. The number of amides is 1. The average molecular weight is 526 g/mol. The zero-order valence-electron chi connectivity index (χ0n) is 20.4. The minimum absolute atomic E-state index is 0.00973. The van der Waals surface area contributed by atoms with Crippen molar-refractivity contribution in [2.45, 2.75) is 19.4 Å². The van der Waals surface area contributed by atoms with Crippen LogP contribution in [0.15, 0.2) is 60.7 Å². The van der Waals surface area contributed by atoms with Gasteiger partial charge in [0.05, 0.1) is 0 Å². The Morgan fingerprint density at radius 3 is 2.16 bits per heavy atom. The first kappa shape index (κ1) is 25.0. The monoisotopic (exact) mass is 525 g/mol. The van der Waals surface area contributed by atoms with Gasteiger partial charge >= 0.3 is 16.6 Å². The maximum atomic E-state index is 13.1. The minimum Gasteiger partial charge on any atom is -0.448 e. The van der Waals surface area contributed by atoms with E-state index in [9.17, 15) is 17.1 Å². The highest BCUT2D eigenvalue weighted by Gasteiger charge is 2.30. The molecule has 8 nitrogen and oxygen atoms in total. The van der Waals surface area contributed by atoms with Gasteiger partial charge in [0.15, 0.2) is 0 Å². The molecule has 0 unspecified atom stereocenters. The normalized spacial score (nSPS) is 15.3. The number of nitrogens with two attached hydrogens (primary N) is 1. The molecule has 0 atom stereocenters. The molecular formula is C27H28FN3O5S. The van der Waals surface area contributed by atoms with Gasteiger partial charge in [-0.3, -0.25) is 0 Å². The molecule has 194 valence electrons. The van der Waals surface area contributed by atoms with E-state index in [-0.39, 0.29) is 30.9 Å². The third-order valence-corrected chi connectivity index (χ3v) is 7.48. The van der Waals surface area contributed by atoms with Crippen LogP contribution in [0.25, 0.3) is 11.1 Å². The number of hydrogen-bond donors (Lipinski definition) is 1. The van der Waals surface area contributed by atoms with Gasteiger partial charge in [-0.2, -0.15) is 8.42 Å². The van der Waals surface area contributed by atoms with Gasteiger partial charge in [-0.15, -0.1) is 0 Å². The van der Waals surface area contributed by atoms with Crippen LogP contribution in [0.1, 0.15) is 28.2 Å². The van der Waals surface area contributed by atoms with Crippen molar-refractivity contribution in [3.8, 4) is 16.9 Å². The molecule has 0 spiro atoms. The summed E-state index contributed by atoms with van der Waals surface area (Å²) in [4.78, 5) is 16.6. The summed E-state index contributed by atoms with van der Waals surface area (Å²) in [6, 6.07) is 19.3. The number of carbonyl (C=O) groups excluding carboxylic acids is 1. The highest BCUT2D eigenvalue weighted by atomic mass is 32.3. The molecule has 1 aliphatic heterocycles. The topological polar surface area (TPSA) is 102 Å². The van der Waals surface area contributed by atoms with E-state index in [1.165, 1.54) is 23.3 Å². The van der Waals surface area contributed by atoms with Gasteiger partial charge in [-0.25, -0.2) is 4.79 Å². The van der Waals surface area contributed by atoms with Crippen LogP contribution < -0.4 is 14.8 Å².